The fourth-order valence-corrected chi connectivity index (χ4v) is 0.957. The maximum absolute atomic E-state index is 5.38. The lowest BCUT2D eigenvalue weighted by atomic mass is 10.4. The molecule has 1 fully saturated rings. The van der Waals surface area contributed by atoms with Gasteiger partial charge < -0.3 is 4.42 Å². The first kappa shape index (κ1) is 5.96. The van der Waals surface area contributed by atoms with E-state index in [0.717, 1.165) is 11.7 Å². The summed E-state index contributed by atoms with van der Waals surface area (Å²) in [5, 5.41) is 0. The van der Waals surface area contributed by atoms with E-state index in [-0.39, 0.29) is 0 Å². The van der Waals surface area contributed by atoms with E-state index >= 15 is 0 Å². The molecule has 1 aromatic heterocycles. The highest BCUT2D eigenvalue weighted by atomic mass is 16.4. The Labute approximate surface area is 60.3 Å². The smallest absolute Gasteiger partial charge is 0.197 e. The SMILES string of the molecule is [CH2]Cc1cnc(C2CC2)o1. The molecular formula is C8H10NO. The average molecular weight is 136 g/mol. The fourth-order valence-electron chi connectivity index (χ4n) is 0.957. The van der Waals surface area contributed by atoms with Crippen molar-refractivity contribution >= 4 is 0 Å². The Hall–Kier alpha value is -0.790. The molecule has 0 spiro atoms. The van der Waals surface area contributed by atoms with E-state index in [9.17, 15) is 0 Å². The van der Waals surface area contributed by atoms with Crippen LogP contribution in [-0.2, 0) is 6.42 Å². The number of hydrogen-bond acceptors (Lipinski definition) is 2. The van der Waals surface area contributed by atoms with Crippen LogP contribution in [0.5, 0.6) is 0 Å². The topological polar surface area (TPSA) is 26.0 Å². The Kier molecular flexibility index (Phi) is 1.26. The summed E-state index contributed by atoms with van der Waals surface area (Å²) >= 11 is 0. The number of nitrogens with zero attached hydrogens (tertiary/aromatic N) is 1. The first-order chi connectivity index (χ1) is 4.90. The maximum atomic E-state index is 5.38. The van der Waals surface area contributed by atoms with Gasteiger partial charge in [-0.05, 0) is 19.8 Å². The maximum Gasteiger partial charge on any atom is 0.197 e. The summed E-state index contributed by atoms with van der Waals surface area (Å²) in [6.07, 6.45) is 4.98. The van der Waals surface area contributed by atoms with Crippen LogP contribution in [0.1, 0.15) is 30.4 Å². The molecule has 0 N–H and O–H groups in total. The third-order valence-electron chi connectivity index (χ3n) is 1.74. The van der Waals surface area contributed by atoms with Gasteiger partial charge in [0.2, 0.25) is 0 Å². The van der Waals surface area contributed by atoms with Gasteiger partial charge in [0.05, 0.1) is 6.20 Å². The molecule has 0 unspecified atom stereocenters. The molecule has 1 heterocycles. The van der Waals surface area contributed by atoms with Crippen molar-refractivity contribution in [3.05, 3.63) is 24.8 Å². The normalized spacial score (nSPS) is 17.7. The van der Waals surface area contributed by atoms with Gasteiger partial charge in [0.25, 0.3) is 0 Å². The molecule has 53 valence electrons. The summed E-state index contributed by atoms with van der Waals surface area (Å²) in [4.78, 5) is 4.14. The predicted octanol–water partition coefficient (Wildman–Crippen LogP) is 1.93. The zero-order valence-electron chi connectivity index (χ0n) is 5.84. The van der Waals surface area contributed by atoms with Gasteiger partial charge in [-0.3, -0.25) is 0 Å². The van der Waals surface area contributed by atoms with Crippen LogP contribution in [0, 0.1) is 6.92 Å². The number of oxazole rings is 1. The fraction of sp³-hybridized carbons (Fsp3) is 0.500. The van der Waals surface area contributed by atoms with Crippen molar-refractivity contribution < 1.29 is 4.42 Å². The molecule has 0 aliphatic heterocycles. The third-order valence-corrected chi connectivity index (χ3v) is 1.74. The second-order valence-electron chi connectivity index (χ2n) is 2.69. The van der Waals surface area contributed by atoms with Crippen LogP contribution in [0.25, 0.3) is 0 Å². The van der Waals surface area contributed by atoms with Crippen LogP contribution >= 0.6 is 0 Å². The predicted molar refractivity (Wildman–Crippen MR) is 37.5 cm³/mol. The molecule has 1 radical (unpaired) electrons. The molecule has 0 aromatic carbocycles. The first-order valence-electron chi connectivity index (χ1n) is 3.64. The number of rotatable bonds is 2. The highest BCUT2D eigenvalue weighted by Gasteiger charge is 2.28. The highest BCUT2D eigenvalue weighted by Crippen LogP contribution is 2.39. The Morgan fingerprint density at radius 1 is 1.70 bits per heavy atom. The van der Waals surface area contributed by atoms with E-state index in [0.29, 0.717) is 12.3 Å². The van der Waals surface area contributed by atoms with Crippen LogP contribution < -0.4 is 0 Å². The minimum absolute atomic E-state index is 0.625. The quantitative estimate of drug-likeness (QED) is 0.620. The lowest BCUT2D eigenvalue weighted by Crippen LogP contribution is -1.74. The van der Waals surface area contributed by atoms with E-state index in [1.807, 2.05) is 0 Å². The van der Waals surface area contributed by atoms with Gasteiger partial charge in [-0.2, -0.15) is 0 Å². The Balaban J connectivity index is 2.19. The molecule has 0 atom stereocenters. The molecular weight excluding hydrogens is 126 g/mol. The standard InChI is InChI=1S/C8H10NO/c1-2-7-5-9-8(10-7)6-3-4-6/h5-6H,1-4H2. The van der Waals surface area contributed by atoms with Crippen molar-refractivity contribution in [2.45, 2.75) is 25.2 Å². The Bertz CT molecular complexity index is 225. The van der Waals surface area contributed by atoms with Crippen LogP contribution in [-0.4, -0.2) is 4.98 Å². The van der Waals surface area contributed by atoms with Gasteiger partial charge >= 0.3 is 0 Å². The summed E-state index contributed by atoms with van der Waals surface area (Å²) in [6.45, 7) is 3.72. The molecule has 1 aromatic rings. The molecule has 1 saturated carbocycles. The largest absolute Gasteiger partial charge is 0.445 e. The Morgan fingerprint density at radius 3 is 3.00 bits per heavy atom. The number of aromatic nitrogens is 1. The second kappa shape index (κ2) is 2.11. The summed E-state index contributed by atoms with van der Waals surface area (Å²) in [5.41, 5.74) is 0. The van der Waals surface area contributed by atoms with Gasteiger partial charge in [-0.15, -0.1) is 0 Å². The molecule has 2 heteroatoms. The van der Waals surface area contributed by atoms with Crippen molar-refractivity contribution in [2.24, 2.45) is 0 Å². The molecule has 0 saturated heterocycles. The lowest BCUT2D eigenvalue weighted by Gasteiger charge is -1.85. The molecule has 10 heavy (non-hydrogen) atoms. The Morgan fingerprint density at radius 2 is 2.50 bits per heavy atom. The van der Waals surface area contributed by atoms with Gasteiger partial charge in [-0.25, -0.2) is 4.98 Å². The first-order valence-corrected chi connectivity index (χ1v) is 3.64. The van der Waals surface area contributed by atoms with Crippen LogP contribution in [0.2, 0.25) is 0 Å². The van der Waals surface area contributed by atoms with Crippen molar-refractivity contribution in [1.29, 1.82) is 0 Å². The van der Waals surface area contributed by atoms with Crippen molar-refractivity contribution in [3.63, 3.8) is 0 Å². The minimum Gasteiger partial charge on any atom is -0.445 e. The van der Waals surface area contributed by atoms with E-state index in [1.54, 1.807) is 6.20 Å². The van der Waals surface area contributed by atoms with Crippen molar-refractivity contribution in [3.8, 4) is 0 Å². The van der Waals surface area contributed by atoms with Gasteiger partial charge in [0, 0.05) is 12.3 Å². The van der Waals surface area contributed by atoms with Crippen LogP contribution in [0.3, 0.4) is 0 Å². The summed E-state index contributed by atoms with van der Waals surface area (Å²) in [5.74, 6) is 2.45. The van der Waals surface area contributed by atoms with Crippen molar-refractivity contribution in [2.75, 3.05) is 0 Å². The van der Waals surface area contributed by atoms with E-state index in [1.165, 1.54) is 12.8 Å². The lowest BCUT2D eigenvalue weighted by molar-refractivity contribution is 0.465. The van der Waals surface area contributed by atoms with E-state index in [4.69, 9.17) is 4.42 Å². The van der Waals surface area contributed by atoms with Crippen LogP contribution in [0.15, 0.2) is 10.6 Å². The zero-order valence-corrected chi connectivity index (χ0v) is 5.84. The molecule has 0 amide bonds. The molecule has 2 rings (SSSR count). The highest BCUT2D eigenvalue weighted by molar-refractivity contribution is 5.04. The second-order valence-corrected chi connectivity index (χ2v) is 2.69. The average Bonchev–Trinajstić information content (AvgIpc) is 2.70. The summed E-state index contributed by atoms with van der Waals surface area (Å²) in [6, 6.07) is 0. The number of hydrogen-bond donors (Lipinski definition) is 0. The minimum atomic E-state index is 0.625. The molecule has 1 aliphatic carbocycles. The van der Waals surface area contributed by atoms with Crippen molar-refractivity contribution in [1.82, 2.24) is 4.98 Å². The third kappa shape index (κ3) is 0.939. The van der Waals surface area contributed by atoms with Gasteiger partial charge in [-0.1, -0.05) is 0 Å². The van der Waals surface area contributed by atoms with Gasteiger partial charge in [0.15, 0.2) is 5.89 Å². The molecule has 0 bridgehead atoms. The van der Waals surface area contributed by atoms with Crippen LogP contribution in [0.4, 0.5) is 0 Å². The van der Waals surface area contributed by atoms with E-state index in [2.05, 4.69) is 11.9 Å². The summed E-state index contributed by atoms with van der Waals surface area (Å²) in [7, 11) is 0. The monoisotopic (exact) mass is 136 g/mol. The summed E-state index contributed by atoms with van der Waals surface area (Å²) < 4.78 is 5.38. The van der Waals surface area contributed by atoms with Gasteiger partial charge in [0.1, 0.15) is 5.76 Å². The van der Waals surface area contributed by atoms with E-state index < -0.39 is 0 Å². The zero-order chi connectivity index (χ0) is 6.97. The molecule has 2 nitrogen and oxygen atoms in total. The molecule has 1 aliphatic rings.